The van der Waals surface area contributed by atoms with E-state index in [1.165, 1.54) is 693 Å². The van der Waals surface area contributed by atoms with Crippen LogP contribution in [0.15, 0.2) is 0 Å². The van der Waals surface area contributed by atoms with Gasteiger partial charge in [0.25, 0.3) is 0 Å². The summed E-state index contributed by atoms with van der Waals surface area (Å²) in [6, 6.07) is 0. The van der Waals surface area contributed by atoms with Crippen LogP contribution in [0.5, 0.6) is 0 Å². The molecular weight excluding hydrogens is 1780 g/mol. The SMILES string of the molecule is CCCCCCCCCCCCCCCCCC[CH](CCCCCCCCCCCCCCCCC)[Ti]([CH](CCCCCCCCCCCCCCCCC)CCCCCCCCCCCCCCCCCC)([CH](CCCCCCCCCCCCCCCCC)CCCCCCCCCCCCCCCCCC)[CH](CCCCCCCCCCCCCCCCC)CCCCCCCCCCCCCCCCCC. The van der Waals surface area contributed by atoms with Crippen LogP contribution in [-0.4, -0.2) is 0 Å². The summed E-state index contributed by atoms with van der Waals surface area (Å²) in [5.74, 6) is 0. The van der Waals surface area contributed by atoms with E-state index in [2.05, 4.69) is 55.4 Å². The second kappa shape index (κ2) is 132. The van der Waals surface area contributed by atoms with E-state index in [1.807, 2.05) is 0 Å². The first-order chi connectivity index (χ1) is 72.1. The summed E-state index contributed by atoms with van der Waals surface area (Å²) in [6.07, 6.45) is 200. The van der Waals surface area contributed by atoms with Crippen molar-refractivity contribution in [1.29, 1.82) is 0 Å². The van der Waals surface area contributed by atoms with E-state index in [0.717, 1.165) is 16.9 Å². The Labute approximate surface area is 929 Å². The van der Waals surface area contributed by atoms with Gasteiger partial charge in [-0.3, -0.25) is 0 Å². The zero-order valence-electron chi connectivity index (χ0n) is 104. The summed E-state index contributed by atoms with van der Waals surface area (Å²) in [5.41, 5.74) is 0. The van der Waals surface area contributed by atoms with E-state index in [1.54, 1.807) is 154 Å². The summed E-state index contributed by atoms with van der Waals surface area (Å²) in [6.45, 7) is 19.0. The van der Waals surface area contributed by atoms with Crippen LogP contribution in [0.4, 0.5) is 0 Å². The zero-order chi connectivity index (χ0) is 104. The average Bonchev–Trinajstić information content (AvgIpc) is 0.745. The molecule has 0 N–H and O–H groups in total. The molecule has 0 fully saturated rings. The van der Waals surface area contributed by atoms with Crippen LogP contribution in [-0.2, 0) is 16.6 Å². The summed E-state index contributed by atoms with van der Waals surface area (Å²) >= 11 is -3.10. The Morgan fingerprint density at radius 1 is 0.0690 bits per heavy atom. The molecule has 0 spiro atoms. The fourth-order valence-electron chi connectivity index (χ4n) is 27.4. The van der Waals surface area contributed by atoms with Gasteiger partial charge in [0.05, 0.1) is 0 Å². The van der Waals surface area contributed by atoms with Crippen LogP contribution >= 0.6 is 0 Å². The van der Waals surface area contributed by atoms with Gasteiger partial charge in [-0.25, -0.2) is 0 Å². The van der Waals surface area contributed by atoms with Crippen LogP contribution in [0.25, 0.3) is 0 Å². The maximum atomic E-state index is 2.38. The molecular formula is C144H292Ti. The molecule has 0 aromatic heterocycles. The summed E-state index contributed by atoms with van der Waals surface area (Å²) in [4.78, 5) is 0. The predicted molar refractivity (Wildman–Crippen MR) is 670 cm³/mol. The summed E-state index contributed by atoms with van der Waals surface area (Å²) in [5, 5.41) is 0. The minimum Gasteiger partial charge on any atom is -0.0654 e. The fraction of sp³-hybridized carbons (Fsp3) is 1.00. The third-order valence-corrected chi connectivity index (χ3v) is 49.5. The molecule has 0 aliphatic rings. The summed E-state index contributed by atoms with van der Waals surface area (Å²) < 4.78 is 4.39. The minimum atomic E-state index is -3.10. The van der Waals surface area contributed by atoms with Gasteiger partial charge in [0, 0.05) is 0 Å². The topological polar surface area (TPSA) is 0 Å². The Kier molecular flexibility index (Phi) is 132. The van der Waals surface area contributed by atoms with Crippen LogP contribution in [0.1, 0.15) is 903 Å². The van der Waals surface area contributed by atoms with Crippen LogP contribution in [0, 0.1) is 0 Å². The quantitative estimate of drug-likeness (QED) is 0.0421. The molecule has 4 unspecified atom stereocenters. The standard InChI is InChI=1S/4C36H73.Ti/c4*1-3-5-7-9-11-13-15-17-19-21-23-25-27-29-31-33-35-36-34-32-30-28-26-24-22-20-18-16-14-12-10-8-6-4-2;/h4*35H,3-34,36H2,1-2H3;. The number of hydrogen-bond donors (Lipinski definition) is 0. The Hall–Kier alpha value is 0.714. The fourth-order valence-corrected chi connectivity index (χ4v) is 42.4. The second-order valence-electron chi connectivity index (χ2n) is 51.1. The molecule has 0 heterocycles. The molecule has 4 atom stereocenters. The molecule has 1 heteroatoms. The molecule has 0 saturated heterocycles. The van der Waals surface area contributed by atoms with E-state index in [0.29, 0.717) is 0 Å². The van der Waals surface area contributed by atoms with Gasteiger partial charge in [-0.05, 0) is 0 Å². The number of unbranched alkanes of at least 4 members (excludes halogenated alkanes) is 116. The Bertz CT molecular complexity index is 1860. The Morgan fingerprint density at radius 2 is 0.117 bits per heavy atom. The van der Waals surface area contributed by atoms with Gasteiger partial charge in [-0.15, -0.1) is 0 Å². The molecule has 0 saturated carbocycles. The third-order valence-electron chi connectivity index (χ3n) is 37.1. The zero-order valence-corrected chi connectivity index (χ0v) is 106. The summed E-state index contributed by atoms with van der Waals surface area (Å²) in [7, 11) is 0. The van der Waals surface area contributed by atoms with Crippen molar-refractivity contribution in [1.82, 2.24) is 0 Å². The average molecular weight is 2070 g/mol. The van der Waals surface area contributed by atoms with Crippen molar-refractivity contribution in [2.75, 3.05) is 0 Å². The molecule has 0 aromatic rings. The first-order valence-electron chi connectivity index (χ1n) is 72.1. The van der Waals surface area contributed by atoms with Crippen molar-refractivity contribution in [2.45, 2.75) is 920 Å². The first-order valence-corrected chi connectivity index (χ1v) is 75.7. The molecule has 872 valence electrons. The van der Waals surface area contributed by atoms with Gasteiger partial charge in [-0.2, -0.15) is 0 Å². The van der Waals surface area contributed by atoms with Gasteiger partial charge in [-0.1, -0.05) is 338 Å². The molecule has 0 nitrogen and oxygen atoms in total. The molecule has 0 aromatic carbocycles. The molecule has 0 amide bonds. The molecule has 0 aliphatic heterocycles. The van der Waals surface area contributed by atoms with Crippen LogP contribution in [0.2, 0.25) is 16.9 Å². The molecule has 0 bridgehead atoms. The second-order valence-corrected chi connectivity index (χ2v) is 59.3. The van der Waals surface area contributed by atoms with E-state index < -0.39 is 16.6 Å². The number of hydrogen-bond acceptors (Lipinski definition) is 0. The Morgan fingerprint density at radius 3 is 0.172 bits per heavy atom. The van der Waals surface area contributed by atoms with Crippen molar-refractivity contribution in [3.8, 4) is 0 Å². The molecule has 0 radical (unpaired) electrons. The van der Waals surface area contributed by atoms with Gasteiger partial charge in [0.15, 0.2) is 0 Å². The van der Waals surface area contributed by atoms with Crippen molar-refractivity contribution in [3.05, 3.63) is 0 Å². The van der Waals surface area contributed by atoms with Gasteiger partial charge in [0.2, 0.25) is 0 Å². The van der Waals surface area contributed by atoms with E-state index in [-0.39, 0.29) is 0 Å². The smallest absolute Gasteiger partial charge is 0.0654 e. The normalized spacial score (nSPS) is 13.2. The van der Waals surface area contributed by atoms with Crippen molar-refractivity contribution >= 4 is 0 Å². The van der Waals surface area contributed by atoms with Crippen molar-refractivity contribution in [2.24, 2.45) is 0 Å². The first kappa shape index (κ1) is 146. The monoisotopic (exact) mass is 2070 g/mol. The van der Waals surface area contributed by atoms with E-state index in [9.17, 15) is 0 Å². The van der Waals surface area contributed by atoms with Crippen molar-refractivity contribution < 1.29 is 16.6 Å². The minimum absolute atomic E-state index is 1.10. The predicted octanol–water partition coefficient (Wildman–Crippen LogP) is 56.9. The van der Waals surface area contributed by atoms with Gasteiger partial charge in [0.1, 0.15) is 0 Å². The van der Waals surface area contributed by atoms with Gasteiger partial charge < -0.3 is 0 Å². The molecule has 145 heavy (non-hydrogen) atoms. The Balaban J connectivity index is 8.77. The number of rotatable bonds is 136. The van der Waals surface area contributed by atoms with E-state index >= 15 is 0 Å². The molecule has 0 rings (SSSR count). The van der Waals surface area contributed by atoms with Crippen LogP contribution < -0.4 is 0 Å². The van der Waals surface area contributed by atoms with E-state index in [4.69, 9.17) is 0 Å². The van der Waals surface area contributed by atoms with Gasteiger partial charge >= 0.3 is 599 Å². The molecule has 0 aliphatic carbocycles. The van der Waals surface area contributed by atoms with Crippen molar-refractivity contribution in [3.63, 3.8) is 0 Å². The maximum absolute atomic E-state index is 3.10. The third kappa shape index (κ3) is 109. The van der Waals surface area contributed by atoms with Crippen LogP contribution in [0.3, 0.4) is 0 Å².